The van der Waals surface area contributed by atoms with Gasteiger partial charge in [0.15, 0.2) is 5.54 Å². The Morgan fingerprint density at radius 2 is 2.05 bits per heavy atom. The van der Waals surface area contributed by atoms with E-state index in [1.165, 1.54) is 20.0 Å². The van der Waals surface area contributed by atoms with E-state index in [4.69, 9.17) is 4.74 Å². The van der Waals surface area contributed by atoms with Crippen LogP contribution in [0.5, 0.6) is 0 Å². The van der Waals surface area contributed by atoms with Crippen molar-refractivity contribution >= 4 is 5.97 Å². The summed E-state index contributed by atoms with van der Waals surface area (Å²) in [6.07, 6.45) is 2.62. The molecular weight excluding hydrogens is 264 g/mol. The Kier molecular flexibility index (Phi) is 5.37. The van der Waals surface area contributed by atoms with Gasteiger partial charge < -0.3 is 15.0 Å². The minimum Gasteiger partial charge on any atom is -0.467 e. The fourth-order valence-electron chi connectivity index (χ4n) is 2.80. The Balaban J connectivity index is 2.27. The van der Waals surface area contributed by atoms with Crippen LogP contribution in [0.15, 0.2) is 30.3 Å². The van der Waals surface area contributed by atoms with E-state index in [9.17, 15) is 4.79 Å². The quantitative estimate of drug-likeness (QED) is 0.744. The number of methoxy groups -OCH3 is 1. The van der Waals surface area contributed by atoms with Gasteiger partial charge in [0.25, 0.3) is 0 Å². The standard InChI is InChI=1S/C17H26N2O2/c1-4-19(12-14-10-11-14)13-17(18-2,16(20)21-3)15-8-6-5-7-9-15/h5-9,14,18H,4,10-13H2,1-3H3. The highest BCUT2D eigenvalue weighted by Crippen LogP contribution is 2.31. The minimum absolute atomic E-state index is 0.231. The van der Waals surface area contributed by atoms with Crippen LogP contribution in [0.25, 0.3) is 0 Å². The number of likely N-dealkylation sites (N-methyl/N-ethyl adjacent to an activating group) is 2. The van der Waals surface area contributed by atoms with E-state index in [-0.39, 0.29) is 5.97 Å². The van der Waals surface area contributed by atoms with Gasteiger partial charge in [-0.05, 0) is 37.9 Å². The number of ether oxygens (including phenoxy) is 1. The van der Waals surface area contributed by atoms with Gasteiger partial charge in [0.05, 0.1) is 7.11 Å². The van der Waals surface area contributed by atoms with Gasteiger partial charge in [0.2, 0.25) is 0 Å². The molecule has 0 radical (unpaired) electrons. The van der Waals surface area contributed by atoms with Crippen molar-refractivity contribution in [1.29, 1.82) is 0 Å². The first-order valence-electron chi connectivity index (χ1n) is 7.71. The van der Waals surface area contributed by atoms with Gasteiger partial charge in [-0.15, -0.1) is 0 Å². The highest BCUT2D eigenvalue weighted by Gasteiger charge is 2.42. The van der Waals surface area contributed by atoms with Crippen LogP contribution in [0.2, 0.25) is 0 Å². The zero-order valence-electron chi connectivity index (χ0n) is 13.3. The second-order valence-corrected chi connectivity index (χ2v) is 5.78. The van der Waals surface area contributed by atoms with E-state index in [1.54, 1.807) is 0 Å². The Morgan fingerprint density at radius 3 is 2.52 bits per heavy atom. The number of nitrogens with one attached hydrogen (secondary N) is 1. The van der Waals surface area contributed by atoms with E-state index in [2.05, 4.69) is 17.1 Å². The predicted octanol–water partition coefficient (Wildman–Crippen LogP) is 2.01. The van der Waals surface area contributed by atoms with Crippen molar-refractivity contribution in [3.05, 3.63) is 35.9 Å². The maximum atomic E-state index is 12.5. The second-order valence-electron chi connectivity index (χ2n) is 5.78. The van der Waals surface area contributed by atoms with Crippen LogP contribution in [0.1, 0.15) is 25.3 Å². The smallest absolute Gasteiger partial charge is 0.332 e. The molecule has 1 saturated carbocycles. The van der Waals surface area contributed by atoms with E-state index >= 15 is 0 Å². The molecule has 116 valence electrons. The molecule has 0 spiro atoms. The third-order valence-corrected chi connectivity index (χ3v) is 4.35. The number of benzene rings is 1. The van der Waals surface area contributed by atoms with E-state index in [0.29, 0.717) is 6.54 Å². The number of rotatable bonds is 8. The zero-order chi connectivity index (χ0) is 15.3. The van der Waals surface area contributed by atoms with Gasteiger partial charge in [-0.25, -0.2) is 4.79 Å². The minimum atomic E-state index is -0.805. The lowest BCUT2D eigenvalue weighted by Crippen LogP contribution is -2.56. The summed E-state index contributed by atoms with van der Waals surface area (Å²) in [6, 6.07) is 9.85. The highest BCUT2D eigenvalue weighted by atomic mass is 16.5. The molecule has 1 aliphatic rings. The van der Waals surface area contributed by atoms with Crippen LogP contribution in [0.3, 0.4) is 0 Å². The van der Waals surface area contributed by atoms with Crippen LogP contribution in [0.4, 0.5) is 0 Å². The monoisotopic (exact) mass is 290 g/mol. The Bertz CT molecular complexity index is 459. The molecule has 0 heterocycles. The number of esters is 1. The molecule has 1 unspecified atom stereocenters. The molecule has 1 aliphatic carbocycles. The molecule has 4 nitrogen and oxygen atoms in total. The van der Waals surface area contributed by atoms with Crippen LogP contribution in [-0.4, -0.2) is 44.7 Å². The first kappa shape index (κ1) is 16.0. The summed E-state index contributed by atoms with van der Waals surface area (Å²) < 4.78 is 5.10. The molecule has 1 atom stereocenters. The van der Waals surface area contributed by atoms with Gasteiger partial charge in [-0.3, -0.25) is 0 Å². The Morgan fingerprint density at radius 1 is 1.38 bits per heavy atom. The fraction of sp³-hybridized carbons (Fsp3) is 0.588. The molecule has 0 aliphatic heterocycles. The molecule has 1 fully saturated rings. The number of hydrogen-bond donors (Lipinski definition) is 1. The van der Waals surface area contributed by atoms with Crippen molar-refractivity contribution in [2.24, 2.45) is 5.92 Å². The van der Waals surface area contributed by atoms with Gasteiger partial charge in [-0.1, -0.05) is 37.3 Å². The summed E-state index contributed by atoms with van der Waals surface area (Å²) in [5.74, 6) is 0.568. The second kappa shape index (κ2) is 7.05. The van der Waals surface area contributed by atoms with E-state index < -0.39 is 5.54 Å². The van der Waals surface area contributed by atoms with Crippen molar-refractivity contribution in [2.45, 2.75) is 25.3 Å². The van der Waals surface area contributed by atoms with Crippen LogP contribution < -0.4 is 5.32 Å². The Hall–Kier alpha value is -1.39. The van der Waals surface area contributed by atoms with Gasteiger partial charge >= 0.3 is 5.97 Å². The van der Waals surface area contributed by atoms with Crippen molar-refractivity contribution in [2.75, 3.05) is 33.8 Å². The van der Waals surface area contributed by atoms with Crippen molar-refractivity contribution < 1.29 is 9.53 Å². The average Bonchev–Trinajstić information content (AvgIpc) is 3.35. The third-order valence-electron chi connectivity index (χ3n) is 4.35. The number of carbonyl (C=O) groups is 1. The average molecular weight is 290 g/mol. The zero-order valence-corrected chi connectivity index (χ0v) is 13.3. The van der Waals surface area contributed by atoms with E-state index in [1.807, 2.05) is 37.4 Å². The molecule has 0 aromatic heterocycles. The molecule has 1 aromatic rings. The molecule has 2 rings (SSSR count). The largest absolute Gasteiger partial charge is 0.467 e. The van der Waals surface area contributed by atoms with Crippen LogP contribution in [-0.2, 0) is 15.1 Å². The first-order chi connectivity index (χ1) is 10.2. The lowest BCUT2D eigenvalue weighted by Gasteiger charge is -2.36. The van der Waals surface area contributed by atoms with Crippen molar-refractivity contribution in [3.8, 4) is 0 Å². The first-order valence-corrected chi connectivity index (χ1v) is 7.71. The number of nitrogens with zero attached hydrogens (tertiary/aromatic N) is 1. The summed E-state index contributed by atoms with van der Waals surface area (Å²) in [7, 11) is 3.28. The third kappa shape index (κ3) is 3.63. The molecule has 0 amide bonds. The number of hydrogen-bond acceptors (Lipinski definition) is 4. The SMILES string of the molecule is CCN(CC1CC1)CC(NC)(C(=O)OC)c1ccccc1. The van der Waals surface area contributed by atoms with Gasteiger partial charge in [-0.2, -0.15) is 0 Å². The molecule has 0 bridgehead atoms. The van der Waals surface area contributed by atoms with Gasteiger partial charge in [0, 0.05) is 13.1 Å². The summed E-state index contributed by atoms with van der Waals surface area (Å²) in [4.78, 5) is 14.9. The molecule has 0 saturated heterocycles. The molecule has 21 heavy (non-hydrogen) atoms. The summed E-state index contributed by atoms with van der Waals surface area (Å²) in [6.45, 7) is 4.77. The predicted molar refractivity (Wildman–Crippen MR) is 84.0 cm³/mol. The number of carbonyl (C=O) groups excluding carboxylic acids is 1. The maximum absolute atomic E-state index is 12.5. The maximum Gasteiger partial charge on any atom is 0.332 e. The molecule has 1 N–H and O–H groups in total. The van der Waals surface area contributed by atoms with Gasteiger partial charge in [0.1, 0.15) is 0 Å². The lowest BCUT2D eigenvalue weighted by molar-refractivity contribution is -0.150. The van der Waals surface area contributed by atoms with Crippen LogP contribution in [0, 0.1) is 5.92 Å². The Labute approximate surface area is 127 Å². The topological polar surface area (TPSA) is 41.6 Å². The molecule has 1 aromatic carbocycles. The fourth-order valence-corrected chi connectivity index (χ4v) is 2.80. The molecule has 4 heteroatoms. The molecular formula is C17H26N2O2. The highest BCUT2D eigenvalue weighted by molar-refractivity contribution is 5.83. The van der Waals surface area contributed by atoms with Crippen molar-refractivity contribution in [3.63, 3.8) is 0 Å². The summed E-state index contributed by atoms with van der Waals surface area (Å²) >= 11 is 0. The normalized spacial score (nSPS) is 17.5. The van der Waals surface area contributed by atoms with Crippen LogP contribution >= 0.6 is 0 Å². The van der Waals surface area contributed by atoms with E-state index in [0.717, 1.165) is 24.6 Å². The van der Waals surface area contributed by atoms with Crippen molar-refractivity contribution in [1.82, 2.24) is 10.2 Å². The summed E-state index contributed by atoms with van der Waals surface area (Å²) in [5.41, 5.74) is 0.148. The summed E-state index contributed by atoms with van der Waals surface area (Å²) in [5, 5.41) is 3.22. The lowest BCUT2D eigenvalue weighted by atomic mass is 9.89.